The molecule has 2 nitrogen and oxygen atoms in total. The Bertz CT molecular complexity index is 509. The summed E-state index contributed by atoms with van der Waals surface area (Å²) in [6, 6.07) is 12.9. The molecule has 2 rings (SSSR count). The van der Waals surface area contributed by atoms with Gasteiger partial charge in [-0.2, -0.15) is 0 Å². The van der Waals surface area contributed by atoms with Crippen LogP contribution in [-0.4, -0.2) is 0 Å². The predicted octanol–water partition coefficient (Wildman–Crippen LogP) is 3.33. The van der Waals surface area contributed by atoms with E-state index in [1.165, 1.54) is 6.07 Å². The van der Waals surface area contributed by atoms with Gasteiger partial charge in [-0.25, -0.2) is 4.39 Å². The standard InChI is InChI=1S/C14H15FN2/c1-10-7-14(12(15)8-13(10)16)17-9-11-5-3-2-4-6-11/h2-8,17H,9,16H2,1H3. The van der Waals surface area contributed by atoms with E-state index in [0.29, 0.717) is 17.9 Å². The zero-order chi connectivity index (χ0) is 12.3. The van der Waals surface area contributed by atoms with Crippen LogP contribution in [0.15, 0.2) is 42.5 Å². The maximum Gasteiger partial charge on any atom is 0.148 e. The molecule has 0 aliphatic carbocycles. The van der Waals surface area contributed by atoms with Crippen LogP contribution >= 0.6 is 0 Å². The van der Waals surface area contributed by atoms with E-state index in [1.807, 2.05) is 37.3 Å². The molecular formula is C14H15FN2. The van der Waals surface area contributed by atoms with E-state index < -0.39 is 0 Å². The van der Waals surface area contributed by atoms with Crippen LogP contribution in [-0.2, 0) is 6.54 Å². The molecule has 0 saturated carbocycles. The van der Waals surface area contributed by atoms with Crippen molar-refractivity contribution in [2.24, 2.45) is 0 Å². The van der Waals surface area contributed by atoms with Gasteiger partial charge in [-0.3, -0.25) is 0 Å². The Kier molecular flexibility index (Phi) is 3.28. The van der Waals surface area contributed by atoms with Crippen LogP contribution < -0.4 is 11.1 Å². The van der Waals surface area contributed by atoms with Crippen molar-refractivity contribution in [3.05, 3.63) is 59.4 Å². The molecule has 0 spiro atoms. The molecule has 2 aromatic rings. The molecule has 0 atom stereocenters. The first-order chi connectivity index (χ1) is 8.16. The molecule has 3 N–H and O–H groups in total. The first kappa shape index (κ1) is 11.5. The lowest BCUT2D eigenvalue weighted by Gasteiger charge is -2.10. The summed E-state index contributed by atoms with van der Waals surface area (Å²) < 4.78 is 13.6. The third kappa shape index (κ3) is 2.75. The van der Waals surface area contributed by atoms with Crippen molar-refractivity contribution in [3.63, 3.8) is 0 Å². The molecule has 0 saturated heterocycles. The van der Waals surface area contributed by atoms with Crippen molar-refractivity contribution in [1.82, 2.24) is 0 Å². The van der Waals surface area contributed by atoms with Crippen molar-refractivity contribution in [1.29, 1.82) is 0 Å². The number of anilines is 2. The minimum absolute atomic E-state index is 0.316. The molecule has 0 bridgehead atoms. The summed E-state index contributed by atoms with van der Waals surface area (Å²) in [6.45, 7) is 2.46. The summed E-state index contributed by atoms with van der Waals surface area (Å²) in [6.07, 6.45) is 0. The SMILES string of the molecule is Cc1cc(NCc2ccccc2)c(F)cc1N. The first-order valence-corrected chi connectivity index (χ1v) is 5.50. The highest BCUT2D eigenvalue weighted by Crippen LogP contribution is 2.21. The fourth-order valence-corrected chi connectivity index (χ4v) is 1.63. The van der Waals surface area contributed by atoms with Crippen LogP contribution in [0.25, 0.3) is 0 Å². The molecular weight excluding hydrogens is 215 g/mol. The minimum atomic E-state index is -0.316. The highest BCUT2D eigenvalue weighted by atomic mass is 19.1. The quantitative estimate of drug-likeness (QED) is 0.794. The Hall–Kier alpha value is -2.03. The molecule has 0 amide bonds. The van der Waals surface area contributed by atoms with Gasteiger partial charge in [-0.05, 0) is 30.2 Å². The van der Waals surface area contributed by atoms with Crippen LogP contribution in [0.2, 0.25) is 0 Å². The van der Waals surface area contributed by atoms with Crippen molar-refractivity contribution in [3.8, 4) is 0 Å². The number of rotatable bonds is 3. The summed E-state index contributed by atoms with van der Waals surface area (Å²) in [5.74, 6) is -0.316. The lowest BCUT2D eigenvalue weighted by atomic mass is 10.1. The normalized spacial score (nSPS) is 10.2. The fourth-order valence-electron chi connectivity index (χ4n) is 1.63. The number of halogens is 1. The number of aryl methyl sites for hydroxylation is 1. The van der Waals surface area contributed by atoms with E-state index in [2.05, 4.69) is 5.32 Å². The number of nitrogen functional groups attached to an aromatic ring is 1. The first-order valence-electron chi connectivity index (χ1n) is 5.50. The Morgan fingerprint density at radius 2 is 1.88 bits per heavy atom. The van der Waals surface area contributed by atoms with Gasteiger partial charge in [-0.1, -0.05) is 30.3 Å². The lowest BCUT2D eigenvalue weighted by Crippen LogP contribution is -2.03. The van der Waals surface area contributed by atoms with Crippen LogP contribution in [0.3, 0.4) is 0 Å². The van der Waals surface area contributed by atoms with Gasteiger partial charge < -0.3 is 11.1 Å². The topological polar surface area (TPSA) is 38.0 Å². The molecule has 3 heteroatoms. The van der Waals surface area contributed by atoms with Crippen LogP contribution in [0.4, 0.5) is 15.8 Å². The van der Waals surface area contributed by atoms with Crippen molar-refractivity contribution < 1.29 is 4.39 Å². The summed E-state index contributed by atoms with van der Waals surface area (Å²) in [5, 5.41) is 3.07. The van der Waals surface area contributed by atoms with Crippen molar-refractivity contribution in [2.45, 2.75) is 13.5 Å². The van der Waals surface area contributed by atoms with Crippen molar-refractivity contribution in [2.75, 3.05) is 11.1 Å². The zero-order valence-corrected chi connectivity index (χ0v) is 9.70. The Morgan fingerprint density at radius 3 is 2.59 bits per heavy atom. The third-order valence-electron chi connectivity index (χ3n) is 2.68. The van der Waals surface area contributed by atoms with Gasteiger partial charge in [-0.15, -0.1) is 0 Å². The predicted molar refractivity (Wildman–Crippen MR) is 69.3 cm³/mol. The molecule has 0 radical (unpaired) electrons. The maximum atomic E-state index is 13.6. The molecule has 0 fully saturated rings. The van der Waals surface area contributed by atoms with Gasteiger partial charge >= 0.3 is 0 Å². The van der Waals surface area contributed by atoms with Gasteiger partial charge in [0.05, 0.1) is 5.69 Å². The largest absolute Gasteiger partial charge is 0.398 e. The molecule has 88 valence electrons. The number of nitrogens with two attached hydrogens (primary N) is 1. The second-order valence-electron chi connectivity index (χ2n) is 4.03. The molecule has 0 aromatic heterocycles. The number of benzene rings is 2. The fraction of sp³-hybridized carbons (Fsp3) is 0.143. The molecule has 0 aliphatic heterocycles. The van der Waals surface area contributed by atoms with E-state index in [-0.39, 0.29) is 5.82 Å². The van der Waals surface area contributed by atoms with E-state index in [1.54, 1.807) is 6.07 Å². The summed E-state index contributed by atoms with van der Waals surface area (Å²) >= 11 is 0. The summed E-state index contributed by atoms with van der Waals surface area (Å²) in [4.78, 5) is 0. The highest BCUT2D eigenvalue weighted by molar-refractivity contribution is 5.57. The smallest absolute Gasteiger partial charge is 0.148 e. The molecule has 17 heavy (non-hydrogen) atoms. The summed E-state index contributed by atoms with van der Waals surface area (Å²) in [7, 11) is 0. The van der Waals surface area contributed by atoms with Gasteiger partial charge in [0, 0.05) is 12.2 Å². The van der Waals surface area contributed by atoms with E-state index in [0.717, 1.165) is 11.1 Å². The van der Waals surface area contributed by atoms with Crippen LogP contribution in [0, 0.1) is 12.7 Å². The highest BCUT2D eigenvalue weighted by Gasteiger charge is 2.04. The number of hydrogen-bond acceptors (Lipinski definition) is 2. The molecule has 0 heterocycles. The van der Waals surface area contributed by atoms with Crippen LogP contribution in [0.1, 0.15) is 11.1 Å². The Morgan fingerprint density at radius 1 is 1.18 bits per heavy atom. The molecule has 2 aromatic carbocycles. The second kappa shape index (κ2) is 4.87. The Labute approximate surface area is 100 Å². The molecule has 0 aliphatic rings. The summed E-state index contributed by atoms with van der Waals surface area (Å²) in [5.41, 5.74) is 8.58. The van der Waals surface area contributed by atoms with Gasteiger partial charge in [0.1, 0.15) is 5.82 Å². The Balaban J connectivity index is 2.12. The minimum Gasteiger partial charge on any atom is -0.398 e. The second-order valence-corrected chi connectivity index (χ2v) is 4.03. The third-order valence-corrected chi connectivity index (χ3v) is 2.68. The van der Waals surface area contributed by atoms with Gasteiger partial charge in [0.2, 0.25) is 0 Å². The van der Waals surface area contributed by atoms with Crippen molar-refractivity contribution >= 4 is 11.4 Å². The van der Waals surface area contributed by atoms with Gasteiger partial charge in [0.25, 0.3) is 0 Å². The zero-order valence-electron chi connectivity index (χ0n) is 9.70. The number of nitrogens with one attached hydrogen (secondary N) is 1. The van der Waals surface area contributed by atoms with Gasteiger partial charge in [0.15, 0.2) is 0 Å². The lowest BCUT2D eigenvalue weighted by molar-refractivity contribution is 0.630. The average Bonchev–Trinajstić information content (AvgIpc) is 2.33. The maximum absolute atomic E-state index is 13.6. The van der Waals surface area contributed by atoms with Crippen LogP contribution in [0.5, 0.6) is 0 Å². The van der Waals surface area contributed by atoms with E-state index >= 15 is 0 Å². The van der Waals surface area contributed by atoms with E-state index in [4.69, 9.17) is 5.73 Å². The van der Waals surface area contributed by atoms with E-state index in [9.17, 15) is 4.39 Å². The monoisotopic (exact) mass is 230 g/mol. The number of hydrogen-bond donors (Lipinski definition) is 2. The average molecular weight is 230 g/mol. The molecule has 0 unspecified atom stereocenters.